The molecule has 0 amide bonds. The molecule has 2 nitrogen and oxygen atoms in total. The average Bonchev–Trinajstić information content (AvgIpc) is 2.31. The molecular formula is C16H25NO. The van der Waals surface area contributed by atoms with Crippen LogP contribution in [0.2, 0.25) is 0 Å². The number of aliphatic hydroxyl groups excluding tert-OH is 1. The van der Waals surface area contributed by atoms with Crippen molar-refractivity contribution in [1.82, 2.24) is 5.32 Å². The van der Waals surface area contributed by atoms with Gasteiger partial charge in [0, 0.05) is 18.7 Å². The van der Waals surface area contributed by atoms with Crippen molar-refractivity contribution in [3.63, 3.8) is 0 Å². The number of rotatable bonds is 5. The minimum Gasteiger partial charge on any atom is -0.396 e. The van der Waals surface area contributed by atoms with Crippen LogP contribution in [0.5, 0.6) is 0 Å². The Balaban J connectivity index is 1.80. The van der Waals surface area contributed by atoms with Crippen molar-refractivity contribution < 1.29 is 5.11 Å². The van der Waals surface area contributed by atoms with Crippen LogP contribution in [0.15, 0.2) is 24.3 Å². The van der Waals surface area contributed by atoms with E-state index in [1.807, 2.05) is 0 Å². The zero-order chi connectivity index (χ0) is 13.1. The molecule has 1 fully saturated rings. The van der Waals surface area contributed by atoms with Crippen molar-refractivity contribution in [1.29, 1.82) is 0 Å². The van der Waals surface area contributed by atoms with Gasteiger partial charge in [0.2, 0.25) is 0 Å². The Morgan fingerprint density at radius 3 is 2.67 bits per heavy atom. The molecule has 2 atom stereocenters. The molecule has 2 rings (SSSR count). The molecule has 1 saturated carbocycles. The lowest BCUT2D eigenvalue weighted by Gasteiger charge is -2.39. The van der Waals surface area contributed by atoms with Gasteiger partial charge in [-0.25, -0.2) is 0 Å². The SMILES string of the molecule is Cc1cccc(C2CC(NC(C)C(C)CO)C2)c1. The summed E-state index contributed by atoms with van der Waals surface area (Å²) in [5.74, 6) is 1.06. The molecule has 0 radical (unpaired) electrons. The fourth-order valence-corrected chi connectivity index (χ4v) is 2.64. The van der Waals surface area contributed by atoms with E-state index in [1.165, 1.54) is 24.0 Å². The van der Waals surface area contributed by atoms with Crippen LogP contribution >= 0.6 is 0 Å². The topological polar surface area (TPSA) is 32.3 Å². The van der Waals surface area contributed by atoms with Gasteiger partial charge in [0.15, 0.2) is 0 Å². The molecule has 18 heavy (non-hydrogen) atoms. The van der Waals surface area contributed by atoms with Crippen molar-refractivity contribution in [3.05, 3.63) is 35.4 Å². The number of aliphatic hydroxyl groups is 1. The maximum atomic E-state index is 9.13. The number of hydrogen-bond acceptors (Lipinski definition) is 2. The van der Waals surface area contributed by atoms with Crippen LogP contribution in [-0.2, 0) is 0 Å². The van der Waals surface area contributed by atoms with E-state index in [4.69, 9.17) is 5.11 Å². The van der Waals surface area contributed by atoms with Gasteiger partial charge in [-0.05, 0) is 44.1 Å². The first-order valence-electron chi connectivity index (χ1n) is 7.03. The molecule has 0 spiro atoms. The van der Waals surface area contributed by atoms with Gasteiger partial charge in [-0.3, -0.25) is 0 Å². The van der Waals surface area contributed by atoms with Gasteiger partial charge >= 0.3 is 0 Å². The van der Waals surface area contributed by atoms with Gasteiger partial charge in [0.05, 0.1) is 0 Å². The van der Waals surface area contributed by atoms with Gasteiger partial charge in [0.1, 0.15) is 0 Å². The highest BCUT2D eigenvalue weighted by Crippen LogP contribution is 2.37. The van der Waals surface area contributed by atoms with Crippen LogP contribution < -0.4 is 5.32 Å². The molecule has 0 heterocycles. The van der Waals surface area contributed by atoms with Crippen LogP contribution in [0.25, 0.3) is 0 Å². The summed E-state index contributed by atoms with van der Waals surface area (Å²) in [5, 5.41) is 12.8. The third kappa shape index (κ3) is 3.12. The zero-order valence-electron chi connectivity index (χ0n) is 11.7. The van der Waals surface area contributed by atoms with E-state index in [0.29, 0.717) is 18.0 Å². The molecule has 2 N–H and O–H groups in total. The third-order valence-electron chi connectivity index (χ3n) is 4.29. The number of hydrogen-bond donors (Lipinski definition) is 2. The van der Waals surface area contributed by atoms with Crippen LogP contribution in [0.1, 0.15) is 43.7 Å². The Hall–Kier alpha value is -0.860. The summed E-state index contributed by atoms with van der Waals surface area (Å²) < 4.78 is 0. The maximum absolute atomic E-state index is 9.13. The summed E-state index contributed by atoms with van der Waals surface area (Å²) in [6.45, 7) is 6.68. The van der Waals surface area contributed by atoms with Crippen molar-refractivity contribution in [3.8, 4) is 0 Å². The molecule has 1 aliphatic rings. The van der Waals surface area contributed by atoms with Gasteiger partial charge in [-0.1, -0.05) is 36.8 Å². The van der Waals surface area contributed by atoms with Gasteiger partial charge < -0.3 is 10.4 Å². The summed E-state index contributed by atoms with van der Waals surface area (Å²) in [4.78, 5) is 0. The minimum atomic E-state index is 0.266. The summed E-state index contributed by atoms with van der Waals surface area (Å²) in [6.07, 6.45) is 2.46. The van der Waals surface area contributed by atoms with Crippen molar-refractivity contribution >= 4 is 0 Å². The molecule has 1 aromatic carbocycles. The Labute approximate surface area is 110 Å². The molecule has 2 unspecified atom stereocenters. The lowest BCUT2D eigenvalue weighted by atomic mass is 9.75. The molecular weight excluding hydrogens is 222 g/mol. The Morgan fingerprint density at radius 2 is 2.06 bits per heavy atom. The van der Waals surface area contributed by atoms with Crippen LogP contribution in [0.4, 0.5) is 0 Å². The highest BCUT2D eigenvalue weighted by atomic mass is 16.3. The number of benzene rings is 1. The van der Waals surface area contributed by atoms with Crippen molar-refractivity contribution in [2.24, 2.45) is 5.92 Å². The van der Waals surface area contributed by atoms with E-state index in [-0.39, 0.29) is 6.61 Å². The van der Waals surface area contributed by atoms with E-state index in [9.17, 15) is 0 Å². The molecule has 0 aromatic heterocycles. The zero-order valence-corrected chi connectivity index (χ0v) is 11.7. The Kier molecular flexibility index (Phi) is 4.41. The molecule has 0 bridgehead atoms. The van der Waals surface area contributed by atoms with E-state index in [0.717, 1.165) is 5.92 Å². The van der Waals surface area contributed by atoms with Crippen LogP contribution in [0.3, 0.4) is 0 Å². The lowest BCUT2D eigenvalue weighted by molar-refractivity contribution is 0.180. The second-order valence-corrected chi connectivity index (χ2v) is 5.89. The summed E-state index contributed by atoms with van der Waals surface area (Å²) in [5.41, 5.74) is 2.84. The lowest BCUT2D eigenvalue weighted by Crippen LogP contribution is -2.47. The van der Waals surface area contributed by atoms with E-state index < -0.39 is 0 Å². The number of aryl methyl sites for hydroxylation is 1. The predicted octanol–water partition coefficient (Wildman–Crippen LogP) is 2.85. The van der Waals surface area contributed by atoms with Crippen LogP contribution in [-0.4, -0.2) is 23.8 Å². The van der Waals surface area contributed by atoms with Crippen molar-refractivity contribution in [2.45, 2.75) is 51.6 Å². The fourth-order valence-electron chi connectivity index (χ4n) is 2.64. The molecule has 1 aromatic rings. The van der Waals surface area contributed by atoms with Gasteiger partial charge in [-0.15, -0.1) is 0 Å². The molecule has 0 aliphatic heterocycles. The maximum Gasteiger partial charge on any atom is 0.0471 e. The molecule has 100 valence electrons. The second kappa shape index (κ2) is 5.85. The smallest absolute Gasteiger partial charge is 0.0471 e. The third-order valence-corrected chi connectivity index (χ3v) is 4.29. The largest absolute Gasteiger partial charge is 0.396 e. The van der Waals surface area contributed by atoms with E-state index in [2.05, 4.69) is 50.4 Å². The Bertz CT molecular complexity index is 384. The average molecular weight is 247 g/mol. The van der Waals surface area contributed by atoms with Crippen molar-refractivity contribution in [2.75, 3.05) is 6.61 Å². The summed E-state index contributed by atoms with van der Waals surface area (Å²) in [7, 11) is 0. The van der Waals surface area contributed by atoms with Gasteiger partial charge in [-0.2, -0.15) is 0 Å². The summed E-state index contributed by atoms with van der Waals surface area (Å²) >= 11 is 0. The standard InChI is InChI=1S/C16H25NO/c1-11-5-4-6-14(7-11)15-8-16(9-15)17-13(3)12(2)10-18/h4-7,12-13,15-18H,8-10H2,1-3H3. The molecule has 0 saturated heterocycles. The van der Waals surface area contributed by atoms with E-state index >= 15 is 0 Å². The quantitative estimate of drug-likeness (QED) is 0.838. The normalized spacial score (nSPS) is 26.4. The fraction of sp³-hybridized carbons (Fsp3) is 0.625. The first-order valence-corrected chi connectivity index (χ1v) is 7.03. The number of nitrogens with one attached hydrogen (secondary N) is 1. The first kappa shape index (κ1) is 13.6. The predicted molar refractivity (Wildman–Crippen MR) is 75.8 cm³/mol. The highest BCUT2D eigenvalue weighted by Gasteiger charge is 2.31. The molecule has 1 aliphatic carbocycles. The van der Waals surface area contributed by atoms with Gasteiger partial charge in [0.25, 0.3) is 0 Å². The second-order valence-electron chi connectivity index (χ2n) is 5.89. The van der Waals surface area contributed by atoms with Crippen LogP contribution in [0, 0.1) is 12.8 Å². The first-order chi connectivity index (χ1) is 8.60. The highest BCUT2D eigenvalue weighted by molar-refractivity contribution is 5.27. The van der Waals surface area contributed by atoms with E-state index in [1.54, 1.807) is 0 Å². The monoisotopic (exact) mass is 247 g/mol. The summed E-state index contributed by atoms with van der Waals surface area (Å²) in [6, 6.07) is 9.89. The Morgan fingerprint density at radius 1 is 1.33 bits per heavy atom. The minimum absolute atomic E-state index is 0.266. The molecule has 2 heteroatoms.